The first kappa shape index (κ1) is 14.7. The van der Waals surface area contributed by atoms with Crippen molar-refractivity contribution in [1.29, 1.82) is 0 Å². The molecule has 1 aromatic rings. The Bertz CT molecular complexity index is 477. The van der Waals surface area contributed by atoms with Crippen molar-refractivity contribution >= 4 is 33.2 Å². The van der Waals surface area contributed by atoms with Crippen LogP contribution in [0.2, 0.25) is 10.0 Å². The summed E-state index contributed by atoms with van der Waals surface area (Å²) in [4.78, 5) is 0. The molecule has 0 aromatic heterocycles. The monoisotopic (exact) mass is 296 g/mol. The Morgan fingerprint density at radius 1 is 1.35 bits per heavy atom. The SMILES string of the molecule is CS(=O)(=O)[N-]CC[NH2+]Cc1ccc(Cl)cc1Cl. The van der Waals surface area contributed by atoms with Crippen molar-refractivity contribution in [3.8, 4) is 0 Å². The largest absolute Gasteiger partial charge is 0.545 e. The zero-order valence-corrected chi connectivity index (χ0v) is 11.7. The lowest BCUT2D eigenvalue weighted by Crippen LogP contribution is -2.83. The highest BCUT2D eigenvalue weighted by Gasteiger charge is 2.01. The van der Waals surface area contributed by atoms with Crippen molar-refractivity contribution in [1.82, 2.24) is 0 Å². The minimum absolute atomic E-state index is 0.282. The fourth-order valence-corrected chi connectivity index (χ4v) is 2.18. The Labute approximate surface area is 111 Å². The molecule has 0 atom stereocenters. The smallest absolute Gasteiger partial charge is 0.103 e. The topological polar surface area (TPSA) is 64.8 Å². The Morgan fingerprint density at radius 3 is 2.65 bits per heavy atom. The number of hydrogen-bond donors (Lipinski definition) is 1. The highest BCUT2D eigenvalue weighted by atomic mass is 35.5. The molecule has 0 aliphatic heterocycles. The zero-order chi connectivity index (χ0) is 12.9. The summed E-state index contributed by atoms with van der Waals surface area (Å²) in [6.07, 6.45) is 1.09. The van der Waals surface area contributed by atoms with Crippen molar-refractivity contribution in [2.75, 3.05) is 19.3 Å². The second-order valence-corrected chi connectivity index (χ2v) is 6.17. The third kappa shape index (κ3) is 6.24. The molecule has 0 fully saturated rings. The van der Waals surface area contributed by atoms with Gasteiger partial charge in [-0.2, -0.15) is 0 Å². The molecule has 0 bridgehead atoms. The lowest BCUT2D eigenvalue weighted by Gasteiger charge is -2.14. The standard InChI is InChI=1S/C10H13Cl2N2O2S/c1-17(15,16)14-5-4-13-7-8-2-3-9(11)6-10(8)12/h2-3,6,13H,4-5,7H2,1H3/q-1/p+1. The normalized spacial score (nSPS) is 11.7. The minimum atomic E-state index is -3.22. The summed E-state index contributed by atoms with van der Waals surface area (Å²) < 4.78 is 25.0. The molecule has 17 heavy (non-hydrogen) atoms. The van der Waals surface area contributed by atoms with Gasteiger partial charge in [-0.1, -0.05) is 35.8 Å². The Balaban J connectivity index is 2.32. The lowest BCUT2D eigenvalue weighted by molar-refractivity contribution is -0.667. The predicted octanol–water partition coefficient (Wildman–Crippen LogP) is 1.39. The fraction of sp³-hybridized carbons (Fsp3) is 0.400. The minimum Gasteiger partial charge on any atom is -0.545 e. The van der Waals surface area contributed by atoms with Crippen LogP contribution >= 0.6 is 23.2 Å². The Hall–Kier alpha value is -0.330. The first-order valence-electron chi connectivity index (χ1n) is 5.03. The van der Waals surface area contributed by atoms with Gasteiger partial charge in [-0.05, 0) is 12.1 Å². The predicted molar refractivity (Wildman–Crippen MR) is 70.0 cm³/mol. The lowest BCUT2D eigenvalue weighted by atomic mass is 10.2. The molecule has 4 nitrogen and oxygen atoms in total. The molecule has 0 aliphatic rings. The van der Waals surface area contributed by atoms with Gasteiger partial charge in [0.2, 0.25) is 0 Å². The maximum Gasteiger partial charge on any atom is 0.103 e. The van der Waals surface area contributed by atoms with Crippen LogP contribution < -0.4 is 5.32 Å². The number of rotatable bonds is 6. The van der Waals surface area contributed by atoms with E-state index >= 15 is 0 Å². The molecule has 0 radical (unpaired) electrons. The van der Waals surface area contributed by atoms with Crippen LogP contribution in [0, 0.1) is 0 Å². The van der Waals surface area contributed by atoms with E-state index in [1.807, 2.05) is 11.4 Å². The summed E-state index contributed by atoms with van der Waals surface area (Å²) in [6, 6.07) is 5.32. The van der Waals surface area contributed by atoms with Crippen LogP contribution in [0.4, 0.5) is 0 Å². The first-order valence-corrected chi connectivity index (χ1v) is 7.63. The van der Waals surface area contributed by atoms with Crippen molar-refractivity contribution in [3.63, 3.8) is 0 Å². The van der Waals surface area contributed by atoms with E-state index in [0.29, 0.717) is 23.1 Å². The molecule has 1 rings (SSSR count). The number of halogens is 2. The molecule has 0 saturated heterocycles. The maximum atomic E-state index is 10.7. The van der Waals surface area contributed by atoms with E-state index in [-0.39, 0.29) is 6.54 Å². The fourth-order valence-electron chi connectivity index (χ4n) is 1.25. The molecule has 0 saturated carbocycles. The molecule has 0 unspecified atom stereocenters. The van der Waals surface area contributed by atoms with Crippen molar-refractivity contribution in [3.05, 3.63) is 38.5 Å². The number of quaternary nitrogens is 1. The van der Waals surface area contributed by atoms with E-state index in [1.54, 1.807) is 12.1 Å². The van der Waals surface area contributed by atoms with Crippen LogP contribution in [0.25, 0.3) is 4.72 Å². The van der Waals surface area contributed by atoms with Gasteiger partial charge in [0.25, 0.3) is 0 Å². The summed E-state index contributed by atoms with van der Waals surface area (Å²) in [6.45, 7) is 1.56. The van der Waals surface area contributed by atoms with Crippen LogP contribution in [0.15, 0.2) is 18.2 Å². The Kier molecular flexibility index (Phi) is 5.69. The van der Waals surface area contributed by atoms with Gasteiger partial charge in [-0.3, -0.25) is 0 Å². The third-order valence-corrected chi connectivity index (χ3v) is 3.28. The Morgan fingerprint density at radius 2 is 2.06 bits per heavy atom. The van der Waals surface area contributed by atoms with Gasteiger partial charge in [0.05, 0.1) is 21.6 Å². The molecular formula is C10H14Cl2N2O2S. The van der Waals surface area contributed by atoms with Crippen molar-refractivity contribution in [2.24, 2.45) is 0 Å². The van der Waals surface area contributed by atoms with Gasteiger partial charge in [-0.25, -0.2) is 8.42 Å². The highest BCUT2D eigenvalue weighted by molar-refractivity contribution is 7.93. The number of nitrogens with two attached hydrogens (primary N) is 1. The van der Waals surface area contributed by atoms with E-state index in [9.17, 15) is 8.42 Å². The third-order valence-electron chi connectivity index (χ3n) is 2.04. The van der Waals surface area contributed by atoms with Gasteiger partial charge in [0, 0.05) is 16.8 Å². The number of benzene rings is 1. The first-order chi connectivity index (χ1) is 7.88. The average Bonchev–Trinajstić information content (AvgIpc) is 2.18. The molecule has 0 spiro atoms. The number of nitrogens with zero attached hydrogens (tertiary/aromatic N) is 1. The van der Waals surface area contributed by atoms with Crippen molar-refractivity contribution < 1.29 is 13.7 Å². The van der Waals surface area contributed by atoms with Gasteiger partial charge < -0.3 is 10.0 Å². The summed E-state index contributed by atoms with van der Waals surface area (Å²) in [5.41, 5.74) is 0.968. The van der Waals surface area contributed by atoms with Gasteiger partial charge in [0.1, 0.15) is 6.54 Å². The van der Waals surface area contributed by atoms with E-state index in [1.165, 1.54) is 0 Å². The van der Waals surface area contributed by atoms with Gasteiger partial charge in [0.15, 0.2) is 0 Å². The molecular weight excluding hydrogens is 283 g/mol. The highest BCUT2D eigenvalue weighted by Crippen LogP contribution is 2.19. The molecule has 1 aromatic carbocycles. The van der Waals surface area contributed by atoms with Gasteiger partial charge >= 0.3 is 0 Å². The van der Waals surface area contributed by atoms with Crippen LogP contribution in [0.1, 0.15) is 5.56 Å². The summed E-state index contributed by atoms with van der Waals surface area (Å²) in [5, 5.41) is 3.17. The van der Waals surface area contributed by atoms with E-state index in [0.717, 1.165) is 11.8 Å². The molecule has 0 heterocycles. The molecule has 7 heteroatoms. The second-order valence-electron chi connectivity index (χ2n) is 3.60. The number of hydrogen-bond acceptors (Lipinski definition) is 2. The van der Waals surface area contributed by atoms with E-state index in [2.05, 4.69) is 4.72 Å². The van der Waals surface area contributed by atoms with Crippen LogP contribution in [0.3, 0.4) is 0 Å². The van der Waals surface area contributed by atoms with Crippen molar-refractivity contribution in [2.45, 2.75) is 6.54 Å². The van der Waals surface area contributed by atoms with E-state index in [4.69, 9.17) is 23.2 Å². The zero-order valence-electron chi connectivity index (χ0n) is 9.36. The molecule has 0 amide bonds. The quantitative estimate of drug-likeness (QED) is 0.806. The molecule has 96 valence electrons. The maximum absolute atomic E-state index is 10.7. The van der Waals surface area contributed by atoms with Gasteiger partial charge in [-0.15, -0.1) is 0 Å². The van der Waals surface area contributed by atoms with E-state index < -0.39 is 10.0 Å². The summed E-state index contributed by atoms with van der Waals surface area (Å²) in [5.74, 6) is 0. The average molecular weight is 297 g/mol. The van der Waals surface area contributed by atoms with Crippen LogP contribution in [-0.2, 0) is 16.6 Å². The summed E-state index contributed by atoms with van der Waals surface area (Å²) >= 11 is 11.8. The number of sulfonamides is 1. The molecule has 2 N–H and O–H groups in total. The van der Waals surface area contributed by atoms with Crippen LogP contribution in [-0.4, -0.2) is 27.8 Å². The van der Waals surface area contributed by atoms with Crippen LogP contribution in [0.5, 0.6) is 0 Å². The summed E-state index contributed by atoms with van der Waals surface area (Å²) in [7, 11) is -3.22. The second kappa shape index (κ2) is 6.56. The molecule has 0 aliphatic carbocycles.